The van der Waals surface area contributed by atoms with E-state index in [-0.39, 0.29) is 0 Å². The third-order valence-corrected chi connectivity index (χ3v) is 5.06. The fourth-order valence-corrected chi connectivity index (χ4v) is 3.68. The summed E-state index contributed by atoms with van der Waals surface area (Å²) < 4.78 is 2.11. The van der Waals surface area contributed by atoms with E-state index in [0.29, 0.717) is 0 Å². The molecule has 0 fully saturated rings. The summed E-state index contributed by atoms with van der Waals surface area (Å²) in [4.78, 5) is 9.17. The van der Waals surface area contributed by atoms with Crippen LogP contribution in [-0.2, 0) is 0 Å². The fourth-order valence-electron chi connectivity index (χ4n) is 3.68. The number of aromatic amines is 1. The summed E-state index contributed by atoms with van der Waals surface area (Å²) in [6, 6.07) is 18.6. The van der Waals surface area contributed by atoms with Gasteiger partial charge in [0.25, 0.3) is 0 Å². The van der Waals surface area contributed by atoms with Gasteiger partial charge in [0, 0.05) is 34.8 Å². The number of hydrogen-bond acceptors (Lipinski definition) is 3. The zero-order valence-electron chi connectivity index (χ0n) is 15.7. The van der Waals surface area contributed by atoms with Crippen LogP contribution in [0.5, 0.6) is 0 Å². The molecule has 5 heteroatoms. The Morgan fingerprint density at radius 1 is 0.857 bits per heavy atom. The van der Waals surface area contributed by atoms with Crippen LogP contribution in [0.4, 0.5) is 0 Å². The monoisotopic (exact) mass is 365 g/mol. The van der Waals surface area contributed by atoms with Crippen molar-refractivity contribution in [1.29, 1.82) is 0 Å². The van der Waals surface area contributed by atoms with Gasteiger partial charge < -0.3 is 0 Å². The first kappa shape index (κ1) is 16.4. The molecular formula is C23H19N5. The molecule has 0 bridgehead atoms. The Balaban J connectivity index is 1.60. The van der Waals surface area contributed by atoms with E-state index in [1.165, 1.54) is 0 Å². The molecule has 4 aromatic heterocycles. The van der Waals surface area contributed by atoms with E-state index >= 15 is 0 Å². The Kier molecular flexibility index (Phi) is 3.79. The quantitative estimate of drug-likeness (QED) is 0.485. The number of nitrogens with zero attached hydrogens (tertiary/aromatic N) is 4. The van der Waals surface area contributed by atoms with Crippen molar-refractivity contribution in [2.75, 3.05) is 0 Å². The molecule has 136 valence electrons. The molecule has 5 aromatic rings. The molecule has 0 saturated heterocycles. The van der Waals surface area contributed by atoms with Gasteiger partial charge in [0.1, 0.15) is 5.65 Å². The van der Waals surface area contributed by atoms with Gasteiger partial charge in [0.15, 0.2) is 0 Å². The number of H-pyrrole nitrogens is 1. The minimum Gasteiger partial charge on any atom is -0.300 e. The number of rotatable bonds is 3. The molecule has 4 heterocycles. The van der Waals surface area contributed by atoms with E-state index in [2.05, 4.69) is 61.1 Å². The highest BCUT2D eigenvalue weighted by atomic mass is 15.1. The number of hydrogen-bond donors (Lipinski definition) is 1. The Hall–Kier alpha value is -3.73. The first-order chi connectivity index (χ1) is 13.7. The van der Waals surface area contributed by atoms with E-state index < -0.39 is 0 Å². The minimum absolute atomic E-state index is 0.908. The summed E-state index contributed by atoms with van der Waals surface area (Å²) >= 11 is 0. The summed E-state index contributed by atoms with van der Waals surface area (Å²) in [6.07, 6.45) is 5.84. The number of nitrogens with one attached hydrogen (secondary N) is 1. The zero-order valence-corrected chi connectivity index (χ0v) is 15.7. The lowest BCUT2D eigenvalue weighted by Crippen LogP contribution is -1.91. The molecule has 5 rings (SSSR count). The predicted octanol–water partition coefficient (Wildman–Crippen LogP) is 5.07. The van der Waals surface area contributed by atoms with Crippen LogP contribution in [0.25, 0.3) is 39.3 Å². The SMILES string of the molecule is Cc1n[nH]c(C)c1-c1ccn2c(-c3ccnc(-c4ccccc4)c3)cnc2c1. The van der Waals surface area contributed by atoms with E-state index in [0.717, 1.165) is 50.7 Å². The highest BCUT2D eigenvalue weighted by Crippen LogP contribution is 2.29. The average molecular weight is 365 g/mol. The number of imidazole rings is 1. The molecule has 0 aliphatic rings. The lowest BCUT2D eigenvalue weighted by atomic mass is 10.1. The maximum absolute atomic E-state index is 4.64. The van der Waals surface area contributed by atoms with Gasteiger partial charge in [-0.25, -0.2) is 4.98 Å². The molecule has 0 atom stereocenters. The van der Waals surface area contributed by atoms with Crippen molar-refractivity contribution in [2.45, 2.75) is 13.8 Å². The minimum atomic E-state index is 0.908. The van der Waals surface area contributed by atoms with E-state index in [1.54, 1.807) is 0 Å². The van der Waals surface area contributed by atoms with E-state index in [9.17, 15) is 0 Å². The van der Waals surface area contributed by atoms with Crippen molar-refractivity contribution in [2.24, 2.45) is 0 Å². The summed E-state index contributed by atoms with van der Waals surface area (Å²) in [6.45, 7) is 4.06. The Labute approximate surface area is 162 Å². The van der Waals surface area contributed by atoms with Crippen LogP contribution >= 0.6 is 0 Å². The fraction of sp³-hybridized carbons (Fsp3) is 0.0870. The van der Waals surface area contributed by atoms with Gasteiger partial charge in [0.05, 0.1) is 23.3 Å². The van der Waals surface area contributed by atoms with Crippen LogP contribution in [0.1, 0.15) is 11.4 Å². The Morgan fingerprint density at radius 2 is 1.71 bits per heavy atom. The van der Waals surface area contributed by atoms with Gasteiger partial charge in [-0.3, -0.25) is 14.5 Å². The van der Waals surface area contributed by atoms with Gasteiger partial charge in [-0.15, -0.1) is 0 Å². The topological polar surface area (TPSA) is 58.9 Å². The van der Waals surface area contributed by atoms with Gasteiger partial charge >= 0.3 is 0 Å². The van der Waals surface area contributed by atoms with E-state index in [4.69, 9.17) is 0 Å². The summed E-state index contributed by atoms with van der Waals surface area (Å²) in [5.41, 5.74) is 9.42. The summed E-state index contributed by atoms with van der Waals surface area (Å²) in [5, 5.41) is 7.36. The van der Waals surface area contributed by atoms with Crippen molar-refractivity contribution in [3.8, 4) is 33.6 Å². The molecule has 1 N–H and O–H groups in total. The van der Waals surface area contributed by atoms with Crippen molar-refractivity contribution >= 4 is 5.65 Å². The first-order valence-electron chi connectivity index (χ1n) is 9.21. The predicted molar refractivity (Wildman–Crippen MR) is 111 cm³/mol. The van der Waals surface area contributed by atoms with Gasteiger partial charge in [-0.05, 0) is 43.7 Å². The molecule has 28 heavy (non-hydrogen) atoms. The molecule has 5 nitrogen and oxygen atoms in total. The largest absolute Gasteiger partial charge is 0.300 e. The molecule has 1 aromatic carbocycles. The zero-order chi connectivity index (χ0) is 19.1. The first-order valence-corrected chi connectivity index (χ1v) is 9.21. The van der Waals surface area contributed by atoms with Crippen molar-refractivity contribution in [1.82, 2.24) is 24.6 Å². The van der Waals surface area contributed by atoms with Crippen LogP contribution < -0.4 is 0 Å². The molecule has 0 radical (unpaired) electrons. The average Bonchev–Trinajstić information content (AvgIpc) is 3.31. The van der Waals surface area contributed by atoms with Crippen LogP contribution in [0.2, 0.25) is 0 Å². The number of aryl methyl sites for hydroxylation is 2. The number of fused-ring (bicyclic) bond motifs is 1. The smallest absolute Gasteiger partial charge is 0.137 e. The van der Waals surface area contributed by atoms with E-state index in [1.807, 2.05) is 50.5 Å². The molecule has 0 spiro atoms. The molecule has 0 aliphatic carbocycles. The number of pyridine rings is 2. The number of aromatic nitrogens is 5. The van der Waals surface area contributed by atoms with Crippen LogP contribution in [0, 0.1) is 13.8 Å². The lowest BCUT2D eigenvalue weighted by molar-refractivity contribution is 1.02. The maximum atomic E-state index is 4.64. The molecule has 0 amide bonds. The summed E-state index contributed by atoms with van der Waals surface area (Å²) in [7, 11) is 0. The standard InChI is InChI=1S/C23H19N5/c1-15-23(16(2)27-26-15)19-9-11-28-21(14-25-22(28)13-19)18-8-10-24-20(12-18)17-6-4-3-5-7-17/h3-14H,1-2H3,(H,26,27). The Bertz CT molecular complexity index is 1260. The third-order valence-electron chi connectivity index (χ3n) is 5.06. The van der Waals surface area contributed by atoms with Crippen LogP contribution in [-0.4, -0.2) is 24.6 Å². The second kappa shape index (κ2) is 6.46. The third kappa shape index (κ3) is 2.68. The molecule has 0 aliphatic heterocycles. The second-order valence-corrected chi connectivity index (χ2v) is 6.89. The van der Waals surface area contributed by atoms with Crippen molar-refractivity contribution in [3.63, 3.8) is 0 Å². The maximum Gasteiger partial charge on any atom is 0.137 e. The molecular weight excluding hydrogens is 346 g/mol. The lowest BCUT2D eigenvalue weighted by Gasteiger charge is -2.07. The number of benzene rings is 1. The summed E-state index contributed by atoms with van der Waals surface area (Å²) in [5.74, 6) is 0. The van der Waals surface area contributed by atoms with Crippen molar-refractivity contribution < 1.29 is 0 Å². The van der Waals surface area contributed by atoms with Crippen LogP contribution in [0.3, 0.4) is 0 Å². The Morgan fingerprint density at radius 3 is 2.50 bits per heavy atom. The van der Waals surface area contributed by atoms with Gasteiger partial charge in [-0.2, -0.15) is 5.10 Å². The van der Waals surface area contributed by atoms with Gasteiger partial charge in [-0.1, -0.05) is 30.3 Å². The molecule has 0 unspecified atom stereocenters. The van der Waals surface area contributed by atoms with Crippen LogP contribution in [0.15, 0.2) is 73.2 Å². The second-order valence-electron chi connectivity index (χ2n) is 6.89. The highest BCUT2D eigenvalue weighted by Gasteiger charge is 2.12. The van der Waals surface area contributed by atoms with Crippen molar-refractivity contribution in [3.05, 3.63) is 84.6 Å². The highest BCUT2D eigenvalue weighted by molar-refractivity contribution is 5.74. The molecule has 0 saturated carbocycles. The normalized spacial score (nSPS) is 11.2. The van der Waals surface area contributed by atoms with Gasteiger partial charge in [0.2, 0.25) is 0 Å².